The van der Waals surface area contributed by atoms with E-state index in [-0.39, 0.29) is 5.75 Å². The number of benzene rings is 1. The van der Waals surface area contributed by atoms with Crippen LogP contribution in [0.15, 0.2) is 29.3 Å². The maximum atomic E-state index is 11.3. The zero-order valence-corrected chi connectivity index (χ0v) is 15.7. The zero-order valence-electron chi connectivity index (χ0n) is 14.9. The second kappa shape index (κ2) is 8.01. The van der Waals surface area contributed by atoms with Gasteiger partial charge in [-0.05, 0) is 35.8 Å². The Labute approximate surface area is 145 Å². The van der Waals surface area contributed by atoms with Crippen LogP contribution in [0.4, 0.5) is 0 Å². The topological polar surface area (TPSA) is 70.6 Å². The van der Waals surface area contributed by atoms with Gasteiger partial charge in [0.25, 0.3) is 0 Å². The Hall–Kier alpha value is -1.56. The lowest BCUT2D eigenvalue weighted by molar-refractivity contribution is 0.131. The van der Waals surface area contributed by atoms with Crippen molar-refractivity contribution in [1.82, 2.24) is 10.6 Å². The molecule has 0 radical (unpaired) electrons. The Kier molecular flexibility index (Phi) is 6.27. The van der Waals surface area contributed by atoms with Crippen LogP contribution in [0.1, 0.15) is 43.7 Å². The minimum atomic E-state index is -2.99. The molecule has 0 spiro atoms. The number of nitrogens with one attached hydrogen (secondary N) is 2. The van der Waals surface area contributed by atoms with E-state index >= 15 is 0 Å². The van der Waals surface area contributed by atoms with Crippen LogP contribution in [-0.2, 0) is 22.1 Å². The van der Waals surface area contributed by atoms with E-state index in [4.69, 9.17) is 0 Å². The monoisotopic (exact) mass is 351 g/mol. The lowest BCUT2D eigenvalue weighted by Crippen LogP contribution is -2.46. The summed E-state index contributed by atoms with van der Waals surface area (Å²) in [6.07, 6.45) is 6.40. The van der Waals surface area contributed by atoms with Crippen LogP contribution >= 0.6 is 0 Å². The van der Waals surface area contributed by atoms with E-state index in [1.165, 1.54) is 31.9 Å². The third-order valence-electron chi connectivity index (χ3n) is 4.93. The van der Waals surface area contributed by atoms with Crippen molar-refractivity contribution < 1.29 is 8.42 Å². The highest BCUT2D eigenvalue weighted by Gasteiger charge is 2.34. The van der Waals surface area contributed by atoms with Crippen molar-refractivity contribution in [1.29, 1.82) is 0 Å². The minimum Gasteiger partial charge on any atom is -0.356 e. The predicted octanol–water partition coefficient (Wildman–Crippen LogP) is 2.48. The summed E-state index contributed by atoms with van der Waals surface area (Å²) in [6.45, 7) is 3.89. The maximum Gasteiger partial charge on any atom is 0.191 e. The lowest BCUT2D eigenvalue weighted by atomic mass is 9.67. The van der Waals surface area contributed by atoms with Crippen molar-refractivity contribution in [2.75, 3.05) is 19.8 Å². The fourth-order valence-corrected chi connectivity index (χ4v) is 3.86. The van der Waals surface area contributed by atoms with Crippen molar-refractivity contribution in [3.8, 4) is 0 Å². The molecule has 0 unspecified atom stereocenters. The van der Waals surface area contributed by atoms with Gasteiger partial charge in [0.05, 0.1) is 5.75 Å². The van der Waals surface area contributed by atoms with Crippen molar-refractivity contribution in [2.45, 2.75) is 44.9 Å². The molecule has 2 N–H and O–H groups in total. The maximum absolute atomic E-state index is 11.3. The van der Waals surface area contributed by atoms with Gasteiger partial charge in [0, 0.05) is 26.4 Å². The number of rotatable bonds is 7. The standard InChI is InChI=1S/C18H29N3O2S/c1-4-18(10-5-11-18)14-21-17(19-2)20-12-15-6-8-16(9-7-15)13-24(3,22)23/h6-9H,4-5,10-14H2,1-3H3,(H2,19,20,21). The molecule has 24 heavy (non-hydrogen) atoms. The fraction of sp³-hybridized carbons (Fsp3) is 0.611. The summed E-state index contributed by atoms with van der Waals surface area (Å²) in [6, 6.07) is 7.66. The molecule has 0 aliphatic heterocycles. The highest BCUT2D eigenvalue weighted by atomic mass is 32.2. The van der Waals surface area contributed by atoms with Gasteiger partial charge in [-0.3, -0.25) is 4.99 Å². The molecular formula is C18H29N3O2S. The van der Waals surface area contributed by atoms with Crippen molar-refractivity contribution in [2.24, 2.45) is 10.4 Å². The molecule has 0 saturated heterocycles. The van der Waals surface area contributed by atoms with Gasteiger partial charge in [0.15, 0.2) is 15.8 Å². The second-order valence-electron chi connectivity index (χ2n) is 6.87. The van der Waals surface area contributed by atoms with Crippen LogP contribution in [0.5, 0.6) is 0 Å². The molecule has 6 heteroatoms. The summed E-state index contributed by atoms with van der Waals surface area (Å²) in [5, 5.41) is 6.75. The summed E-state index contributed by atoms with van der Waals surface area (Å²) in [7, 11) is -1.20. The van der Waals surface area contributed by atoms with Gasteiger partial charge in [-0.15, -0.1) is 0 Å². The Morgan fingerprint density at radius 2 is 1.79 bits per heavy atom. The molecule has 0 heterocycles. The molecule has 0 amide bonds. The molecule has 1 aromatic rings. The fourth-order valence-electron chi connectivity index (χ4n) is 3.07. The van der Waals surface area contributed by atoms with Crippen LogP contribution in [0.3, 0.4) is 0 Å². The first-order valence-corrected chi connectivity index (χ1v) is 10.6. The molecule has 0 aromatic heterocycles. The van der Waals surface area contributed by atoms with Gasteiger partial charge < -0.3 is 10.6 Å². The average Bonchev–Trinajstić information content (AvgIpc) is 2.49. The van der Waals surface area contributed by atoms with E-state index in [1.54, 1.807) is 7.05 Å². The summed E-state index contributed by atoms with van der Waals surface area (Å²) >= 11 is 0. The minimum absolute atomic E-state index is 0.0863. The van der Waals surface area contributed by atoms with Gasteiger partial charge in [-0.1, -0.05) is 37.6 Å². The number of hydrogen-bond acceptors (Lipinski definition) is 3. The first-order chi connectivity index (χ1) is 11.4. The van der Waals surface area contributed by atoms with Crippen LogP contribution < -0.4 is 10.6 Å². The number of sulfone groups is 1. The summed E-state index contributed by atoms with van der Waals surface area (Å²) in [4.78, 5) is 4.28. The quantitative estimate of drug-likeness (QED) is 0.585. The lowest BCUT2D eigenvalue weighted by Gasteiger charge is -2.41. The number of nitrogens with zero attached hydrogens (tertiary/aromatic N) is 1. The molecule has 134 valence electrons. The summed E-state index contributed by atoms with van der Waals surface area (Å²) in [5.74, 6) is 0.901. The van der Waals surface area contributed by atoms with E-state index in [9.17, 15) is 8.42 Å². The summed E-state index contributed by atoms with van der Waals surface area (Å²) in [5.41, 5.74) is 2.37. The molecule has 1 aromatic carbocycles. The van der Waals surface area contributed by atoms with Gasteiger partial charge in [-0.2, -0.15) is 0 Å². The Bertz CT molecular complexity index is 656. The van der Waals surface area contributed by atoms with Crippen molar-refractivity contribution >= 4 is 15.8 Å². The molecule has 5 nitrogen and oxygen atoms in total. The van der Waals surface area contributed by atoms with Crippen LogP contribution in [0.2, 0.25) is 0 Å². The number of aliphatic imine (C=N–C) groups is 1. The number of guanidine groups is 1. The van der Waals surface area contributed by atoms with Crippen molar-refractivity contribution in [3.63, 3.8) is 0 Å². The Morgan fingerprint density at radius 1 is 1.17 bits per heavy atom. The predicted molar refractivity (Wildman–Crippen MR) is 99.8 cm³/mol. The van der Waals surface area contributed by atoms with Gasteiger partial charge in [-0.25, -0.2) is 8.42 Å². The first-order valence-electron chi connectivity index (χ1n) is 8.56. The van der Waals surface area contributed by atoms with Crippen LogP contribution in [0, 0.1) is 5.41 Å². The third kappa shape index (κ3) is 5.51. The van der Waals surface area contributed by atoms with Crippen LogP contribution in [0.25, 0.3) is 0 Å². The second-order valence-corrected chi connectivity index (χ2v) is 9.01. The molecule has 1 aliphatic rings. The third-order valence-corrected chi connectivity index (χ3v) is 5.79. The molecule has 0 bridgehead atoms. The van der Waals surface area contributed by atoms with E-state index in [2.05, 4.69) is 22.5 Å². The number of hydrogen-bond donors (Lipinski definition) is 2. The van der Waals surface area contributed by atoms with Crippen molar-refractivity contribution in [3.05, 3.63) is 35.4 Å². The van der Waals surface area contributed by atoms with Gasteiger partial charge >= 0.3 is 0 Å². The van der Waals surface area contributed by atoms with E-state index in [0.29, 0.717) is 12.0 Å². The molecule has 2 rings (SSSR count). The van der Waals surface area contributed by atoms with E-state index in [0.717, 1.165) is 23.6 Å². The van der Waals surface area contributed by atoms with Crippen LogP contribution in [-0.4, -0.2) is 34.2 Å². The molecule has 1 saturated carbocycles. The molecule has 0 atom stereocenters. The van der Waals surface area contributed by atoms with E-state index < -0.39 is 9.84 Å². The normalized spacial score (nSPS) is 17.2. The Morgan fingerprint density at radius 3 is 2.25 bits per heavy atom. The first kappa shape index (κ1) is 18.8. The molecule has 1 aliphatic carbocycles. The zero-order chi connectivity index (χ0) is 17.6. The van der Waals surface area contributed by atoms with Gasteiger partial charge in [0.2, 0.25) is 0 Å². The average molecular weight is 352 g/mol. The molecule has 1 fully saturated rings. The SMILES string of the molecule is CCC1(CNC(=NC)NCc2ccc(CS(C)(=O)=O)cc2)CCC1. The molecular weight excluding hydrogens is 322 g/mol. The van der Waals surface area contributed by atoms with E-state index in [1.807, 2.05) is 24.3 Å². The van der Waals surface area contributed by atoms with Gasteiger partial charge in [0.1, 0.15) is 0 Å². The smallest absolute Gasteiger partial charge is 0.191 e. The Balaban J connectivity index is 1.82. The highest BCUT2D eigenvalue weighted by Crippen LogP contribution is 2.42. The highest BCUT2D eigenvalue weighted by molar-refractivity contribution is 7.89. The largest absolute Gasteiger partial charge is 0.356 e. The summed E-state index contributed by atoms with van der Waals surface area (Å²) < 4.78 is 22.6.